The summed E-state index contributed by atoms with van der Waals surface area (Å²) in [6, 6.07) is 1.11. The summed E-state index contributed by atoms with van der Waals surface area (Å²) in [5.41, 5.74) is -0.276. The van der Waals surface area contributed by atoms with Crippen LogP contribution < -0.4 is 4.74 Å². The van der Waals surface area contributed by atoms with Crippen molar-refractivity contribution in [1.82, 2.24) is 4.98 Å². The van der Waals surface area contributed by atoms with Gasteiger partial charge in [-0.05, 0) is 6.92 Å². The van der Waals surface area contributed by atoms with Crippen molar-refractivity contribution in [2.24, 2.45) is 0 Å². The van der Waals surface area contributed by atoms with E-state index in [-0.39, 0.29) is 11.4 Å². The molecule has 0 amide bonds. The van der Waals surface area contributed by atoms with Gasteiger partial charge in [-0.1, -0.05) is 0 Å². The molecular weight excluding hydrogens is 189 g/mol. The Hall–Kier alpha value is -1.65. The Morgan fingerprint density at radius 3 is 3.00 bits per heavy atom. The fraction of sp³-hybridized carbons (Fsp3) is 0.333. The maximum atomic E-state index is 13.3. The van der Waals surface area contributed by atoms with Gasteiger partial charge in [-0.15, -0.1) is 0 Å². The van der Waals surface area contributed by atoms with Crippen molar-refractivity contribution in [3.63, 3.8) is 0 Å². The molecule has 1 N–H and O–H groups in total. The molecule has 1 aromatic rings. The Morgan fingerprint density at radius 1 is 1.86 bits per heavy atom. The molecule has 1 aromatic heterocycles. The standard InChI is InChI=1S/C9H10FNO3/c1-5(9(12)13)6-3-8(14-2)11-4-7(6)10/h3-5H,1-2H3,(H,12,13)/i5D. The molecule has 0 saturated carbocycles. The second-order valence-electron chi connectivity index (χ2n) is 2.64. The van der Waals surface area contributed by atoms with Gasteiger partial charge in [0, 0.05) is 13.0 Å². The van der Waals surface area contributed by atoms with E-state index in [1.54, 1.807) is 0 Å². The van der Waals surface area contributed by atoms with Crippen molar-refractivity contribution in [2.75, 3.05) is 7.11 Å². The number of methoxy groups -OCH3 is 1. The molecule has 1 atom stereocenters. The van der Waals surface area contributed by atoms with Crippen LogP contribution in [-0.4, -0.2) is 23.2 Å². The number of aliphatic carboxylic acids is 1. The number of aromatic nitrogens is 1. The summed E-state index contributed by atoms with van der Waals surface area (Å²) in [6.07, 6.45) is 0.837. The largest absolute Gasteiger partial charge is 0.481 e. The number of hydrogen-bond acceptors (Lipinski definition) is 3. The normalized spacial score (nSPS) is 15.5. The van der Waals surface area contributed by atoms with Crippen LogP contribution in [0.2, 0.25) is 0 Å². The molecule has 0 saturated heterocycles. The van der Waals surface area contributed by atoms with Crippen LogP contribution in [0.5, 0.6) is 5.88 Å². The first-order valence-electron chi connectivity index (χ1n) is 4.33. The molecule has 0 radical (unpaired) electrons. The molecule has 0 aliphatic rings. The smallest absolute Gasteiger partial charge is 0.310 e. The zero-order valence-corrected chi connectivity index (χ0v) is 7.74. The fourth-order valence-electron chi connectivity index (χ4n) is 0.934. The van der Waals surface area contributed by atoms with Crippen LogP contribution in [0.15, 0.2) is 12.3 Å². The highest BCUT2D eigenvalue weighted by atomic mass is 19.1. The van der Waals surface area contributed by atoms with Crippen LogP contribution in [0.4, 0.5) is 4.39 Å². The Balaban J connectivity index is 3.29. The molecule has 1 heterocycles. The number of ether oxygens (including phenoxy) is 1. The van der Waals surface area contributed by atoms with Gasteiger partial charge in [0.2, 0.25) is 5.88 Å². The molecular formula is C9H10FNO3. The Bertz CT molecular complexity index is 395. The van der Waals surface area contributed by atoms with E-state index in [0.29, 0.717) is 0 Å². The molecule has 0 fully saturated rings. The summed E-state index contributed by atoms with van der Waals surface area (Å²) < 4.78 is 25.5. The number of hydrogen-bond donors (Lipinski definition) is 1. The molecule has 0 aliphatic heterocycles. The van der Waals surface area contributed by atoms with Gasteiger partial charge in [0.15, 0.2) is 0 Å². The monoisotopic (exact) mass is 200 g/mol. The van der Waals surface area contributed by atoms with Crippen LogP contribution in [-0.2, 0) is 4.79 Å². The molecule has 0 bridgehead atoms. The number of carboxylic acids is 1. The highest BCUT2D eigenvalue weighted by Crippen LogP contribution is 2.21. The van der Waals surface area contributed by atoms with Gasteiger partial charge in [0.1, 0.15) is 5.82 Å². The van der Waals surface area contributed by atoms with E-state index in [2.05, 4.69) is 4.98 Å². The van der Waals surface area contributed by atoms with E-state index in [4.69, 9.17) is 11.2 Å². The number of pyridine rings is 1. The molecule has 14 heavy (non-hydrogen) atoms. The number of carboxylic acid groups (broad SMARTS) is 1. The van der Waals surface area contributed by atoms with Crippen LogP contribution in [0, 0.1) is 5.82 Å². The SMILES string of the molecule is [2H]C(C)(C(=O)O)c1cc(OC)ncc1F. The minimum absolute atomic E-state index is 0.0751. The minimum Gasteiger partial charge on any atom is -0.481 e. The topological polar surface area (TPSA) is 59.4 Å². The van der Waals surface area contributed by atoms with Gasteiger partial charge in [-0.25, -0.2) is 9.37 Å². The molecule has 0 aliphatic carbocycles. The van der Waals surface area contributed by atoms with Crippen molar-refractivity contribution in [2.45, 2.75) is 12.8 Å². The van der Waals surface area contributed by atoms with E-state index in [9.17, 15) is 9.18 Å². The lowest BCUT2D eigenvalue weighted by atomic mass is 10.0. The van der Waals surface area contributed by atoms with Gasteiger partial charge in [0.25, 0.3) is 0 Å². The van der Waals surface area contributed by atoms with Crippen molar-refractivity contribution in [1.29, 1.82) is 0 Å². The van der Waals surface area contributed by atoms with Gasteiger partial charge < -0.3 is 9.84 Å². The lowest BCUT2D eigenvalue weighted by Gasteiger charge is -2.08. The van der Waals surface area contributed by atoms with E-state index in [0.717, 1.165) is 19.2 Å². The molecule has 5 heteroatoms. The van der Waals surface area contributed by atoms with Gasteiger partial charge in [-0.3, -0.25) is 4.79 Å². The third kappa shape index (κ3) is 1.99. The van der Waals surface area contributed by atoms with E-state index in [1.807, 2.05) is 0 Å². The Labute approximate surface area is 81.8 Å². The number of halogens is 1. The van der Waals surface area contributed by atoms with E-state index >= 15 is 0 Å². The lowest BCUT2D eigenvalue weighted by Crippen LogP contribution is -2.10. The van der Waals surface area contributed by atoms with Gasteiger partial charge in [-0.2, -0.15) is 0 Å². The van der Waals surface area contributed by atoms with Crippen molar-refractivity contribution in [3.8, 4) is 5.88 Å². The summed E-state index contributed by atoms with van der Waals surface area (Å²) in [5.74, 6) is -4.25. The van der Waals surface area contributed by atoms with Crippen LogP contribution in [0.25, 0.3) is 0 Å². The zero-order chi connectivity index (χ0) is 11.6. The Kier molecular flexibility index (Phi) is 2.58. The third-order valence-electron chi connectivity index (χ3n) is 1.76. The summed E-state index contributed by atoms with van der Waals surface area (Å²) in [5, 5.41) is 8.77. The average Bonchev–Trinajstić information content (AvgIpc) is 2.18. The molecule has 76 valence electrons. The van der Waals surface area contributed by atoms with Gasteiger partial charge >= 0.3 is 5.97 Å². The van der Waals surface area contributed by atoms with Gasteiger partial charge in [0.05, 0.1) is 19.2 Å². The highest BCUT2D eigenvalue weighted by Gasteiger charge is 2.18. The van der Waals surface area contributed by atoms with Crippen LogP contribution >= 0.6 is 0 Å². The average molecular weight is 200 g/mol. The quantitative estimate of drug-likeness (QED) is 0.801. The zero-order valence-electron chi connectivity index (χ0n) is 8.74. The summed E-state index contributed by atoms with van der Waals surface area (Å²) in [4.78, 5) is 14.3. The summed E-state index contributed by atoms with van der Waals surface area (Å²) in [6.45, 7) is 1.09. The number of carbonyl (C=O) groups is 1. The van der Waals surface area contributed by atoms with Crippen LogP contribution in [0.1, 0.15) is 19.8 Å². The number of rotatable bonds is 3. The van der Waals surface area contributed by atoms with Crippen molar-refractivity contribution < 1.29 is 20.4 Å². The van der Waals surface area contributed by atoms with E-state index in [1.165, 1.54) is 7.11 Å². The fourth-order valence-corrected chi connectivity index (χ4v) is 0.934. The first-order chi connectivity index (χ1) is 6.89. The first-order valence-corrected chi connectivity index (χ1v) is 3.83. The van der Waals surface area contributed by atoms with Crippen molar-refractivity contribution >= 4 is 5.97 Å². The Morgan fingerprint density at radius 2 is 2.50 bits per heavy atom. The minimum atomic E-state index is -2.06. The summed E-state index contributed by atoms with van der Waals surface area (Å²) in [7, 11) is 1.33. The molecule has 1 rings (SSSR count). The predicted molar refractivity (Wildman–Crippen MR) is 46.8 cm³/mol. The third-order valence-corrected chi connectivity index (χ3v) is 1.76. The maximum absolute atomic E-state index is 13.3. The first kappa shape index (κ1) is 8.93. The molecule has 0 aromatic carbocycles. The summed E-state index contributed by atoms with van der Waals surface area (Å²) >= 11 is 0. The molecule has 1 unspecified atom stereocenters. The lowest BCUT2D eigenvalue weighted by molar-refractivity contribution is -0.138. The van der Waals surface area contributed by atoms with Crippen molar-refractivity contribution in [3.05, 3.63) is 23.6 Å². The van der Waals surface area contributed by atoms with Crippen LogP contribution in [0.3, 0.4) is 0 Å². The molecule has 0 spiro atoms. The van der Waals surface area contributed by atoms with E-state index < -0.39 is 17.7 Å². The number of nitrogens with zero attached hydrogens (tertiary/aromatic N) is 1. The molecule has 4 nitrogen and oxygen atoms in total. The predicted octanol–water partition coefficient (Wildman–Crippen LogP) is 1.42. The second-order valence-corrected chi connectivity index (χ2v) is 2.64. The maximum Gasteiger partial charge on any atom is 0.310 e. The second kappa shape index (κ2) is 4.04. The highest BCUT2D eigenvalue weighted by molar-refractivity contribution is 5.75.